The largest absolute Gasteiger partial charge is 0.397 e. The summed E-state index contributed by atoms with van der Waals surface area (Å²) in [4.78, 5) is 0. The van der Waals surface area contributed by atoms with Crippen LogP contribution in [-0.4, -0.2) is 11.7 Å². The standard InChI is InChI=1S/C12H11P.C2H6O/c1-3-7-11(8-4-1)13-12-9-5-2-6-10-12;1-2-3/h1-10,13H;3H,2H2,1H3. The number of aliphatic hydroxyl groups is 1. The fraction of sp³-hybridized carbons (Fsp3) is 0.143. The van der Waals surface area contributed by atoms with Crippen molar-refractivity contribution in [1.82, 2.24) is 0 Å². The Morgan fingerprint density at radius 2 is 1.12 bits per heavy atom. The van der Waals surface area contributed by atoms with Gasteiger partial charge >= 0.3 is 0 Å². The van der Waals surface area contributed by atoms with Gasteiger partial charge in [-0.05, 0) is 17.5 Å². The number of hydrogen-bond acceptors (Lipinski definition) is 1. The van der Waals surface area contributed by atoms with Crippen LogP contribution < -0.4 is 10.6 Å². The average molecular weight is 232 g/mol. The van der Waals surface area contributed by atoms with Gasteiger partial charge in [0.2, 0.25) is 0 Å². The number of rotatable bonds is 2. The molecule has 2 heteroatoms. The van der Waals surface area contributed by atoms with Gasteiger partial charge in [-0.2, -0.15) is 0 Å². The second kappa shape index (κ2) is 8.04. The van der Waals surface area contributed by atoms with Crippen molar-refractivity contribution < 1.29 is 5.11 Å². The molecule has 1 N–H and O–H groups in total. The Labute approximate surface area is 98.9 Å². The fourth-order valence-corrected chi connectivity index (χ4v) is 2.26. The summed E-state index contributed by atoms with van der Waals surface area (Å²) >= 11 is 0. The topological polar surface area (TPSA) is 20.2 Å². The molecule has 2 aromatic carbocycles. The number of hydrogen-bond donors (Lipinski definition) is 1. The minimum atomic E-state index is 0.250. The molecule has 16 heavy (non-hydrogen) atoms. The van der Waals surface area contributed by atoms with Gasteiger partial charge in [0.05, 0.1) is 0 Å². The van der Waals surface area contributed by atoms with E-state index < -0.39 is 0 Å². The first-order valence-corrected chi connectivity index (χ1v) is 6.34. The smallest absolute Gasteiger partial charge is 0.0402 e. The van der Waals surface area contributed by atoms with Gasteiger partial charge in [0.15, 0.2) is 0 Å². The van der Waals surface area contributed by atoms with Gasteiger partial charge in [-0.3, -0.25) is 0 Å². The molecule has 0 amide bonds. The molecule has 84 valence electrons. The molecule has 0 aromatic heterocycles. The lowest BCUT2D eigenvalue weighted by molar-refractivity contribution is 0.318. The van der Waals surface area contributed by atoms with Crippen LogP contribution in [0.25, 0.3) is 0 Å². The van der Waals surface area contributed by atoms with Gasteiger partial charge in [-0.15, -0.1) is 0 Å². The molecule has 1 nitrogen and oxygen atoms in total. The molecule has 0 fully saturated rings. The third kappa shape index (κ3) is 5.06. The predicted octanol–water partition coefficient (Wildman–Crippen LogP) is 2.31. The lowest BCUT2D eigenvalue weighted by Crippen LogP contribution is -2.01. The number of aliphatic hydroxyl groups excluding tert-OH is 1. The first-order valence-electron chi connectivity index (χ1n) is 5.34. The zero-order valence-electron chi connectivity index (χ0n) is 9.43. The molecule has 0 aliphatic rings. The van der Waals surface area contributed by atoms with E-state index in [1.54, 1.807) is 6.92 Å². The molecule has 2 aromatic rings. The molecule has 0 spiro atoms. The summed E-state index contributed by atoms with van der Waals surface area (Å²) < 4.78 is 0. The van der Waals surface area contributed by atoms with Crippen molar-refractivity contribution in [3.63, 3.8) is 0 Å². The van der Waals surface area contributed by atoms with Gasteiger partial charge in [-0.25, -0.2) is 0 Å². The van der Waals surface area contributed by atoms with Crippen LogP contribution in [0.1, 0.15) is 6.92 Å². The zero-order valence-corrected chi connectivity index (χ0v) is 10.4. The highest BCUT2D eigenvalue weighted by atomic mass is 31.1. The van der Waals surface area contributed by atoms with Crippen LogP contribution in [0.2, 0.25) is 0 Å². The van der Waals surface area contributed by atoms with Gasteiger partial charge in [0.25, 0.3) is 0 Å². The van der Waals surface area contributed by atoms with Crippen LogP contribution in [-0.2, 0) is 0 Å². The van der Waals surface area contributed by atoms with E-state index in [4.69, 9.17) is 5.11 Å². The highest BCUT2D eigenvalue weighted by Gasteiger charge is 1.92. The van der Waals surface area contributed by atoms with Crippen molar-refractivity contribution in [3.8, 4) is 0 Å². The van der Waals surface area contributed by atoms with Crippen LogP contribution >= 0.6 is 8.58 Å². The third-order valence-electron chi connectivity index (χ3n) is 1.84. The summed E-state index contributed by atoms with van der Waals surface area (Å²) in [5.74, 6) is 0. The van der Waals surface area contributed by atoms with Crippen molar-refractivity contribution in [3.05, 3.63) is 60.7 Å². The zero-order chi connectivity index (χ0) is 11.6. The van der Waals surface area contributed by atoms with Crippen molar-refractivity contribution in [2.75, 3.05) is 6.61 Å². The summed E-state index contributed by atoms with van der Waals surface area (Å²) in [5.41, 5.74) is 0. The molecule has 0 unspecified atom stereocenters. The van der Waals surface area contributed by atoms with Crippen molar-refractivity contribution in [1.29, 1.82) is 0 Å². The monoisotopic (exact) mass is 232 g/mol. The molecular formula is C14H17OP. The quantitative estimate of drug-likeness (QED) is 0.788. The Kier molecular flexibility index (Phi) is 6.48. The van der Waals surface area contributed by atoms with Crippen molar-refractivity contribution in [2.24, 2.45) is 0 Å². The molecule has 2 rings (SSSR count). The van der Waals surface area contributed by atoms with Crippen LogP contribution in [0.5, 0.6) is 0 Å². The van der Waals surface area contributed by atoms with Gasteiger partial charge < -0.3 is 5.11 Å². The maximum Gasteiger partial charge on any atom is 0.0402 e. The lowest BCUT2D eigenvalue weighted by Gasteiger charge is -2.00. The van der Waals surface area contributed by atoms with E-state index in [-0.39, 0.29) is 6.61 Å². The van der Waals surface area contributed by atoms with Crippen LogP contribution in [0.4, 0.5) is 0 Å². The number of benzene rings is 2. The minimum absolute atomic E-state index is 0.250. The average Bonchev–Trinajstić information content (AvgIpc) is 2.33. The molecule has 0 saturated carbocycles. The van der Waals surface area contributed by atoms with E-state index in [2.05, 4.69) is 60.7 Å². The normalized spacial score (nSPS) is 9.12. The van der Waals surface area contributed by atoms with E-state index in [1.807, 2.05) is 0 Å². The van der Waals surface area contributed by atoms with Gasteiger partial charge in [0, 0.05) is 6.61 Å². The Bertz CT molecular complexity index is 335. The predicted molar refractivity (Wildman–Crippen MR) is 73.2 cm³/mol. The molecular weight excluding hydrogens is 215 g/mol. The molecule has 0 aliphatic carbocycles. The fourth-order valence-electron chi connectivity index (χ4n) is 1.21. The van der Waals surface area contributed by atoms with Crippen LogP contribution in [0, 0.1) is 0 Å². The Morgan fingerprint density at radius 3 is 1.44 bits per heavy atom. The lowest BCUT2D eigenvalue weighted by atomic mass is 10.4. The van der Waals surface area contributed by atoms with Crippen LogP contribution in [0.15, 0.2) is 60.7 Å². The third-order valence-corrected chi connectivity index (χ3v) is 3.08. The SMILES string of the molecule is CCO.c1ccc(Pc2ccccc2)cc1. The van der Waals surface area contributed by atoms with E-state index in [9.17, 15) is 0 Å². The molecule has 0 heterocycles. The molecule has 0 saturated heterocycles. The van der Waals surface area contributed by atoms with Crippen LogP contribution in [0.3, 0.4) is 0 Å². The van der Waals surface area contributed by atoms with Gasteiger partial charge in [-0.1, -0.05) is 69.2 Å². The summed E-state index contributed by atoms with van der Waals surface area (Å²) in [6.07, 6.45) is 0. The van der Waals surface area contributed by atoms with E-state index in [1.165, 1.54) is 10.6 Å². The van der Waals surface area contributed by atoms with Crippen molar-refractivity contribution >= 4 is 19.2 Å². The van der Waals surface area contributed by atoms with Gasteiger partial charge in [0.1, 0.15) is 0 Å². The molecule has 0 radical (unpaired) electrons. The van der Waals surface area contributed by atoms with Crippen molar-refractivity contribution in [2.45, 2.75) is 6.92 Å². The Morgan fingerprint density at radius 1 is 0.812 bits per heavy atom. The van der Waals surface area contributed by atoms with E-state index in [0.717, 1.165) is 8.58 Å². The maximum atomic E-state index is 7.57. The maximum absolute atomic E-state index is 7.57. The minimum Gasteiger partial charge on any atom is -0.397 e. The molecule has 0 atom stereocenters. The summed E-state index contributed by atoms with van der Waals surface area (Å²) in [7, 11) is 0.777. The first-order chi connectivity index (χ1) is 7.86. The summed E-state index contributed by atoms with van der Waals surface area (Å²) in [6.45, 7) is 1.93. The molecule has 0 bridgehead atoms. The summed E-state index contributed by atoms with van der Waals surface area (Å²) in [6, 6.07) is 21.2. The first kappa shape index (κ1) is 12.9. The highest BCUT2D eigenvalue weighted by Crippen LogP contribution is 2.08. The highest BCUT2D eigenvalue weighted by molar-refractivity contribution is 7.55. The summed E-state index contributed by atoms with van der Waals surface area (Å²) in [5, 5.41) is 10.4. The second-order valence-corrected chi connectivity index (χ2v) is 4.58. The van der Waals surface area contributed by atoms with E-state index in [0.29, 0.717) is 0 Å². The van der Waals surface area contributed by atoms with E-state index >= 15 is 0 Å². The Balaban J connectivity index is 0.000000386. The molecule has 0 aliphatic heterocycles. The Hall–Kier alpha value is -1.17. The second-order valence-electron chi connectivity index (χ2n) is 3.17.